The number of anilines is 1. The van der Waals surface area contributed by atoms with Crippen LogP contribution in [0, 0.1) is 5.92 Å². The molecule has 2 aliphatic carbocycles. The number of alkyl halides is 3. The summed E-state index contributed by atoms with van der Waals surface area (Å²) >= 11 is 0. The maximum Gasteiger partial charge on any atom is 0.389 e. The highest BCUT2D eigenvalue weighted by Crippen LogP contribution is 2.43. The lowest BCUT2D eigenvalue weighted by atomic mass is 9.75. The van der Waals surface area contributed by atoms with Gasteiger partial charge < -0.3 is 15.5 Å². The molecule has 10 heteroatoms. The van der Waals surface area contributed by atoms with Gasteiger partial charge in [0, 0.05) is 47.8 Å². The van der Waals surface area contributed by atoms with Gasteiger partial charge >= 0.3 is 6.18 Å². The zero-order valence-corrected chi connectivity index (χ0v) is 21.7. The second kappa shape index (κ2) is 10.9. The Morgan fingerprint density at radius 1 is 1.05 bits per heavy atom. The lowest BCUT2D eigenvalue weighted by Gasteiger charge is -2.43. The Kier molecular flexibility index (Phi) is 7.71. The molecule has 2 saturated carbocycles. The predicted octanol–water partition coefficient (Wildman–Crippen LogP) is 4.66. The van der Waals surface area contributed by atoms with Crippen molar-refractivity contribution in [1.82, 2.24) is 15.5 Å². The average molecular weight is 535 g/mol. The van der Waals surface area contributed by atoms with Gasteiger partial charge in [-0.1, -0.05) is 18.9 Å². The number of piperidine rings is 1. The van der Waals surface area contributed by atoms with Crippen molar-refractivity contribution in [1.29, 1.82) is 0 Å². The summed E-state index contributed by atoms with van der Waals surface area (Å²) in [6.07, 6.45) is 4.09. The molecule has 3 N–H and O–H groups in total. The van der Waals surface area contributed by atoms with Gasteiger partial charge in [0.05, 0.1) is 0 Å². The molecule has 208 valence electrons. The second-order valence-electron chi connectivity index (χ2n) is 11.6. The Morgan fingerprint density at radius 3 is 2.50 bits per heavy atom. The second-order valence-corrected chi connectivity index (χ2v) is 11.6. The maximum atomic E-state index is 13.3. The lowest BCUT2D eigenvalue weighted by Crippen LogP contribution is -2.52. The summed E-state index contributed by atoms with van der Waals surface area (Å²) in [5.74, 6) is -0.130. The molecule has 0 bridgehead atoms. The fourth-order valence-electron chi connectivity index (χ4n) is 6.28. The van der Waals surface area contributed by atoms with Crippen LogP contribution < -0.4 is 16.0 Å². The minimum absolute atomic E-state index is 0.0962. The van der Waals surface area contributed by atoms with Crippen molar-refractivity contribution < 1.29 is 27.6 Å². The first-order chi connectivity index (χ1) is 18.1. The van der Waals surface area contributed by atoms with Crippen LogP contribution in [0.25, 0.3) is 0 Å². The largest absolute Gasteiger partial charge is 0.389 e. The van der Waals surface area contributed by atoms with E-state index in [9.17, 15) is 27.6 Å². The number of hydrogen-bond donors (Lipinski definition) is 3. The van der Waals surface area contributed by atoms with E-state index in [0.29, 0.717) is 25.1 Å². The van der Waals surface area contributed by atoms with Crippen molar-refractivity contribution in [2.24, 2.45) is 5.92 Å². The third kappa shape index (κ3) is 6.33. The molecular weight excluding hydrogens is 497 g/mol. The minimum atomic E-state index is -4.11. The van der Waals surface area contributed by atoms with Crippen molar-refractivity contribution in [3.8, 4) is 0 Å². The van der Waals surface area contributed by atoms with Crippen molar-refractivity contribution >= 4 is 23.4 Å². The number of fused-ring (bicyclic) bond motifs is 1. The van der Waals surface area contributed by atoms with Gasteiger partial charge in [0.25, 0.3) is 5.91 Å². The Bertz CT molecular complexity index is 1060. The van der Waals surface area contributed by atoms with Crippen LogP contribution in [0.5, 0.6) is 0 Å². The summed E-state index contributed by atoms with van der Waals surface area (Å²) in [4.78, 5) is 38.9. The van der Waals surface area contributed by atoms with Gasteiger partial charge in [-0.15, -0.1) is 0 Å². The van der Waals surface area contributed by atoms with Crippen molar-refractivity contribution in [2.75, 3.05) is 11.9 Å². The topological polar surface area (TPSA) is 90.5 Å². The molecule has 0 radical (unpaired) electrons. The number of hydrogen-bond acceptors (Lipinski definition) is 5. The van der Waals surface area contributed by atoms with Crippen molar-refractivity contribution in [3.63, 3.8) is 0 Å². The van der Waals surface area contributed by atoms with Crippen LogP contribution in [-0.2, 0) is 16.1 Å². The van der Waals surface area contributed by atoms with E-state index in [1.807, 2.05) is 12.1 Å². The van der Waals surface area contributed by atoms with E-state index >= 15 is 0 Å². The molecule has 2 heterocycles. The molecule has 1 saturated heterocycles. The first-order valence-electron chi connectivity index (χ1n) is 14.0. The van der Waals surface area contributed by atoms with Crippen molar-refractivity contribution in [3.05, 3.63) is 29.3 Å². The molecule has 1 atom stereocenters. The summed E-state index contributed by atoms with van der Waals surface area (Å²) in [5.41, 5.74) is 2.27. The van der Waals surface area contributed by atoms with Gasteiger partial charge in [-0.2, -0.15) is 13.2 Å². The zero-order chi connectivity index (χ0) is 26.9. The van der Waals surface area contributed by atoms with E-state index in [1.165, 1.54) is 12.8 Å². The van der Waals surface area contributed by atoms with E-state index in [4.69, 9.17) is 0 Å². The quantitative estimate of drug-likeness (QED) is 0.300. The monoisotopic (exact) mass is 534 g/mol. The lowest BCUT2D eigenvalue weighted by molar-refractivity contribution is -0.137. The minimum Gasteiger partial charge on any atom is -0.379 e. The highest BCUT2D eigenvalue weighted by atomic mass is 19.4. The Balaban J connectivity index is 1.25. The van der Waals surface area contributed by atoms with Crippen molar-refractivity contribution in [2.45, 2.75) is 107 Å². The predicted molar refractivity (Wildman–Crippen MR) is 136 cm³/mol. The summed E-state index contributed by atoms with van der Waals surface area (Å²) < 4.78 is 37.4. The van der Waals surface area contributed by atoms with Crippen LogP contribution in [0.15, 0.2) is 18.2 Å². The SMILES string of the molecule is O=C1CCC(N2Cc3c(NC4(CCC5CC5)CCC(NCCCC(F)(F)F)CC4)cccc3C2=O)C(=O)N1. The van der Waals surface area contributed by atoms with E-state index < -0.39 is 24.5 Å². The van der Waals surface area contributed by atoms with Gasteiger partial charge in [-0.05, 0) is 76.0 Å². The third-order valence-electron chi connectivity index (χ3n) is 8.72. The maximum absolute atomic E-state index is 13.3. The smallest absolute Gasteiger partial charge is 0.379 e. The molecule has 1 aromatic rings. The number of halogens is 3. The molecule has 3 amide bonds. The number of carbonyl (C=O) groups is 3. The number of benzene rings is 1. The van der Waals surface area contributed by atoms with Gasteiger partial charge in [0.15, 0.2) is 0 Å². The molecule has 38 heavy (non-hydrogen) atoms. The summed E-state index contributed by atoms with van der Waals surface area (Å²) in [5, 5.41) is 9.52. The summed E-state index contributed by atoms with van der Waals surface area (Å²) in [7, 11) is 0. The molecule has 5 rings (SSSR count). The molecule has 2 aliphatic heterocycles. The molecular formula is C28H37F3N4O3. The fraction of sp³-hybridized carbons (Fsp3) is 0.679. The summed E-state index contributed by atoms with van der Waals surface area (Å²) in [6.45, 7) is 0.697. The van der Waals surface area contributed by atoms with E-state index in [-0.39, 0.29) is 36.2 Å². The fourth-order valence-corrected chi connectivity index (χ4v) is 6.28. The molecule has 4 aliphatic rings. The van der Waals surface area contributed by atoms with Crippen LogP contribution in [-0.4, -0.2) is 53.0 Å². The molecule has 1 aromatic carbocycles. The van der Waals surface area contributed by atoms with E-state index in [2.05, 4.69) is 16.0 Å². The van der Waals surface area contributed by atoms with Gasteiger partial charge in [-0.25, -0.2) is 0 Å². The molecule has 0 aromatic heterocycles. The number of rotatable bonds is 10. The number of nitrogens with zero attached hydrogens (tertiary/aromatic N) is 1. The molecule has 0 spiro atoms. The molecule has 7 nitrogen and oxygen atoms in total. The van der Waals surface area contributed by atoms with Crippen LogP contribution >= 0.6 is 0 Å². The third-order valence-corrected chi connectivity index (χ3v) is 8.72. The number of nitrogens with one attached hydrogen (secondary N) is 3. The highest BCUT2D eigenvalue weighted by Gasteiger charge is 2.42. The van der Waals surface area contributed by atoms with Gasteiger partial charge in [-0.3, -0.25) is 19.7 Å². The van der Waals surface area contributed by atoms with Gasteiger partial charge in [0.1, 0.15) is 6.04 Å². The van der Waals surface area contributed by atoms with E-state index in [0.717, 1.165) is 55.7 Å². The number of imide groups is 1. The summed E-state index contributed by atoms with van der Waals surface area (Å²) in [6, 6.07) is 5.23. The zero-order valence-electron chi connectivity index (χ0n) is 21.7. The Labute approximate surface area is 221 Å². The normalized spacial score (nSPS) is 27.9. The first kappa shape index (κ1) is 27.0. The average Bonchev–Trinajstić information content (AvgIpc) is 3.64. The molecule has 1 unspecified atom stereocenters. The first-order valence-corrected chi connectivity index (χ1v) is 14.0. The standard InChI is InChI=1S/C28H37F3N4O3/c29-28(30,31)12-2-16-32-19-10-14-27(15-11-19,13-9-18-5-6-18)34-22-4-1-3-20-21(22)17-35(26(20)38)23-7-8-24(36)33-25(23)37/h1,3-4,18-19,23,32,34H,2,5-17H2,(H,33,36,37). The van der Waals surface area contributed by atoms with Gasteiger partial charge in [0.2, 0.25) is 11.8 Å². The van der Waals surface area contributed by atoms with E-state index in [1.54, 1.807) is 11.0 Å². The molecule has 3 fully saturated rings. The Hall–Kier alpha value is -2.62. The number of carbonyl (C=O) groups excluding carboxylic acids is 3. The van der Waals surface area contributed by atoms with Crippen LogP contribution in [0.4, 0.5) is 18.9 Å². The number of amides is 3. The highest BCUT2D eigenvalue weighted by molar-refractivity contribution is 6.06. The van der Waals surface area contributed by atoms with Crippen LogP contribution in [0.1, 0.15) is 93.0 Å². The van der Waals surface area contributed by atoms with Crippen LogP contribution in [0.2, 0.25) is 0 Å². The Morgan fingerprint density at radius 2 is 1.82 bits per heavy atom. The van der Waals surface area contributed by atoms with Crippen LogP contribution in [0.3, 0.4) is 0 Å².